The summed E-state index contributed by atoms with van der Waals surface area (Å²) in [5, 5.41) is 9.61. The highest BCUT2D eigenvalue weighted by Crippen LogP contribution is 2.44. The van der Waals surface area contributed by atoms with Crippen LogP contribution in [0.4, 0.5) is 0 Å². The molecule has 0 aromatic heterocycles. The molecule has 1 aromatic rings. The second-order valence-electron chi connectivity index (χ2n) is 5.74. The Bertz CT molecular complexity index is 434. The second-order valence-corrected chi connectivity index (χ2v) is 5.74. The van der Waals surface area contributed by atoms with E-state index in [1.165, 1.54) is 17.5 Å². The predicted octanol–water partition coefficient (Wildman–Crippen LogP) is 1.83. The molecule has 4 unspecified atom stereocenters. The third-order valence-corrected chi connectivity index (χ3v) is 4.74. The summed E-state index contributed by atoms with van der Waals surface area (Å²) in [4.78, 5) is 2.47. The van der Waals surface area contributed by atoms with E-state index < -0.39 is 0 Å². The number of aliphatic hydroxyl groups is 1. The van der Waals surface area contributed by atoms with Gasteiger partial charge in [-0.3, -0.25) is 4.90 Å². The Hall–Kier alpha value is -0.900. The highest BCUT2D eigenvalue weighted by Gasteiger charge is 2.40. The van der Waals surface area contributed by atoms with Crippen LogP contribution in [-0.4, -0.2) is 29.2 Å². The first kappa shape index (κ1) is 12.2. The molecule has 18 heavy (non-hydrogen) atoms. The minimum atomic E-state index is 0.154. The molecule has 0 amide bonds. The largest absolute Gasteiger partial charge is 0.395 e. The van der Waals surface area contributed by atoms with Crippen molar-refractivity contribution in [1.29, 1.82) is 0 Å². The van der Waals surface area contributed by atoms with Gasteiger partial charge in [-0.05, 0) is 36.4 Å². The molecular weight excluding hydrogens is 224 g/mol. The van der Waals surface area contributed by atoms with Gasteiger partial charge in [0.2, 0.25) is 0 Å². The number of hydrogen-bond acceptors (Lipinski definition) is 3. The molecule has 0 bridgehead atoms. The van der Waals surface area contributed by atoms with Crippen molar-refractivity contribution in [2.24, 2.45) is 11.7 Å². The maximum Gasteiger partial charge on any atom is 0.0589 e. The smallest absolute Gasteiger partial charge is 0.0589 e. The second kappa shape index (κ2) is 4.65. The molecule has 1 fully saturated rings. The van der Waals surface area contributed by atoms with Gasteiger partial charge >= 0.3 is 0 Å². The van der Waals surface area contributed by atoms with E-state index in [4.69, 9.17) is 5.73 Å². The van der Waals surface area contributed by atoms with E-state index in [1.807, 2.05) is 0 Å². The number of rotatable bonds is 2. The van der Waals surface area contributed by atoms with Gasteiger partial charge in [0.25, 0.3) is 0 Å². The van der Waals surface area contributed by atoms with Crippen LogP contribution in [0, 0.1) is 5.92 Å². The first-order valence-electron chi connectivity index (χ1n) is 6.93. The van der Waals surface area contributed by atoms with Gasteiger partial charge in [0.15, 0.2) is 0 Å². The number of nitrogens with two attached hydrogens (primary N) is 1. The van der Waals surface area contributed by atoms with Crippen LogP contribution in [0.25, 0.3) is 0 Å². The van der Waals surface area contributed by atoms with E-state index in [0.29, 0.717) is 18.0 Å². The van der Waals surface area contributed by atoms with Gasteiger partial charge in [0, 0.05) is 18.1 Å². The van der Waals surface area contributed by atoms with E-state index in [0.717, 1.165) is 13.0 Å². The zero-order chi connectivity index (χ0) is 12.7. The zero-order valence-corrected chi connectivity index (χ0v) is 10.9. The summed E-state index contributed by atoms with van der Waals surface area (Å²) in [5.41, 5.74) is 8.90. The van der Waals surface area contributed by atoms with Crippen LogP contribution in [0.15, 0.2) is 24.3 Å². The van der Waals surface area contributed by atoms with E-state index in [-0.39, 0.29) is 12.6 Å². The first-order chi connectivity index (χ1) is 8.72. The minimum absolute atomic E-state index is 0.154. The Morgan fingerprint density at radius 2 is 2.06 bits per heavy atom. The molecule has 3 heteroatoms. The molecule has 98 valence electrons. The fourth-order valence-electron chi connectivity index (χ4n) is 3.67. The Kier molecular flexibility index (Phi) is 3.14. The maximum absolute atomic E-state index is 9.61. The minimum Gasteiger partial charge on any atom is -0.395 e. The molecule has 0 spiro atoms. The predicted molar refractivity (Wildman–Crippen MR) is 72.1 cm³/mol. The van der Waals surface area contributed by atoms with Gasteiger partial charge in [0.1, 0.15) is 0 Å². The highest BCUT2D eigenvalue weighted by molar-refractivity contribution is 5.37. The lowest BCUT2D eigenvalue weighted by Crippen LogP contribution is -2.37. The van der Waals surface area contributed by atoms with Gasteiger partial charge in [-0.1, -0.05) is 31.2 Å². The molecule has 2 aliphatic rings. The summed E-state index contributed by atoms with van der Waals surface area (Å²) in [6, 6.07) is 9.36. The van der Waals surface area contributed by atoms with E-state index >= 15 is 0 Å². The lowest BCUT2D eigenvalue weighted by Gasteiger charge is -2.31. The van der Waals surface area contributed by atoms with Crippen LogP contribution in [0.1, 0.15) is 43.0 Å². The van der Waals surface area contributed by atoms with Gasteiger partial charge in [0.05, 0.1) is 6.61 Å². The SMILES string of the molecule is CC1CCN(C2CC(N)c3ccccc32)C1CO. The molecule has 0 radical (unpaired) electrons. The third kappa shape index (κ3) is 1.78. The van der Waals surface area contributed by atoms with E-state index in [2.05, 4.69) is 36.1 Å². The third-order valence-electron chi connectivity index (χ3n) is 4.74. The van der Waals surface area contributed by atoms with Crippen LogP contribution in [0.2, 0.25) is 0 Å². The van der Waals surface area contributed by atoms with Crippen LogP contribution >= 0.6 is 0 Å². The molecule has 1 aliphatic heterocycles. The van der Waals surface area contributed by atoms with Crippen molar-refractivity contribution >= 4 is 0 Å². The van der Waals surface area contributed by atoms with Gasteiger partial charge in [-0.2, -0.15) is 0 Å². The van der Waals surface area contributed by atoms with Crippen molar-refractivity contribution in [3.05, 3.63) is 35.4 Å². The van der Waals surface area contributed by atoms with Crippen molar-refractivity contribution in [2.75, 3.05) is 13.2 Å². The number of fused-ring (bicyclic) bond motifs is 1. The van der Waals surface area contributed by atoms with E-state index in [1.54, 1.807) is 0 Å². The Labute approximate surface area is 109 Å². The van der Waals surface area contributed by atoms with Crippen LogP contribution in [0.5, 0.6) is 0 Å². The van der Waals surface area contributed by atoms with Gasteiger partial charge < -0.3 is 10.8 Å². The van der Waals surface area contributed by atoms with Crippen molar-refractivity contribution in [3.8, 4) is 0 Å². The van der Waals surface area contributed by atoms with Gasteiger partial charge in [-0.25, -0.2) is 0 Å². The molecule has 1 heterocycles. The number of likely N-dealkylation sites (tertiary alicyclic amines) is 1. The average Bonchev–Trinajstić information content (AvgIpc) is 2.91. The first-order valence-corrected chi connectivity index (χ1v) is 6.93. The molecule has 3 rings (SSSR count). The topological polar surface area (TPSA) is 49.5 Å². The quantitative estimate of drug-likeness (QED) is 0.837. The molecule has 1 aliphatic carbocycles. The van der Waals surface area contributed by atoms with Crippen molar-refractivity contribution in [2.45, 2.75) is 37.9 Å². The fraction of sp³-hybridized carbons (Fsp3) is 0.600. The highest BCUT2D eigenvalue weighted by atomic mass is 16.3. The summed E-state index contributed by atoms with van der Waals surface area (Å²) >= 11 is 0. The van der Waals surface area contributed by atoms with Gasteiger partial charge in [-0.15, -0.1) is 0 Å². The summed E-state index contributed by atoms with van der Waals surface area (Å²) in [6.45, 7) is 3.58. The van der Waals surface area contributed by atoms with Crippen LogP contribution in [-0.2, 0) is 0 Å². The average molecular weight is 246 g/mol. The number of hydrogen-bond donors (Lipinski definition) is 2. The Balaban J connectivity index is 1.91. The summed E-state index contributed by atoms with van der Waals surface area (Å²) in [6.07, 6.45) is 2.17. The molecule has 3 N–H and O–H groups in total. The van der Waals surface area contributed by atoms with Crippen LogP contribution in [0.3, 0.4) is 0 Å². The molecule has 4 atom stereocenters. The lowest BCUT2D eigenvalue weighted by molar-refractivity contribution is 0.100. The maximum atomic E-state index is 9.61. The van der Waals surface area contributed by atoms with E-state index in [9.17, 15) is 5.11 Å². The van der Waals surface area contributed by atoms with Crippen molar-refractivity contribution < 1.29 is 5.11 Å². The number of benzene rings is 1. The fourth-order valence-corrected chi connectivity index (χ4v) is 3.67. The van der Waals surface area contributed by atoms with Crippen LogP contribution < -0.4 is 5.73 Å². The molecule has 1 aromatic carbocycles. The molecule has 1 saturated heterocycles. The lowest BCUT2D eigenvalue weighted by atomic mass is 10.0. The standard InChI is InChI=1S/C15H22N2O/c1-10-6-7-17(15(10)9-18)14-8-13(16)11-4-2-3-5-12(11)14/h2-5,10,13-15,18H,6-9,16H2,1H3. The summed E-state index contributed by atoms with van der Waals surface area (Å²) in [5.74, 6) is 0.582. The monoisotopic (exact) mass is 246 g/mol. The summed E-state index contributed by atoms with van der Waals surface area (Å²) in [7, 11) is 0. The molecule has 0 saturated carbocycles. The van der Waals surface area contributed by atoms with Crippen molar-refractivity contribution in [1.82, 2.24) is 4.90 Å². The Morgan fingerprint density at radius 3 is 2.78 bits per heavy atom. The normalized spacial score (nSPS) is 35.9. The molecule has 3 nitrogen and oxygen atoms in total. The zero-order valence-electron chi connectivity index (χ0n) is 10.9. The number of aliphatic hydroxyl groups excluding tert-OH is 1. The Morgan fingerprint density at radius 1 is 1.33 bits per heavy atom. The number of nitrogens with zero attached hydrogens (tertiary/aromatic N) is 1. The molecular formula is C15H22N2O. The summed E-state index contributed by atoms with van der Waals surface area (Å²) < 4.78 is 0. The van der Waals surface area contributed by atoms with Crippen molar-refractivity contribution in [3.63, 3.8) is 0 Å².